The van der Waals surface area contributed by atoms with E-state index >= 15 is 0 Å². The predicted molar refractivity (Wildman–Crippen MR) is 78.0 cm³/mol. The Labute approximate surface area is 120 Å². The number of furan rings is 1. The monoisotopic (exact) mass is 298 g/mol. The zero-order valence-electron chi connectivity index (χ0n) is 12.3. The summed E-state index contributed by atoms with van der Waals surface area (Å²) in [4.78, 5) is 0.292. The minimum atomic E-state index is -3.46. The summed E-state index contributed by atoms with van der Waals surface area (Å²) in [6.07, 6.45) is 2.86. The lowest BCUT2D eigenvalue weighted by Gasteiger charge is -2.25. The molecule has 112 valence electrons. The summed E-state index contributed by atoms with van der Waals surface area (Å²) in [5.41, 5.74) is 1.09. The van der Waals surface area contributed by atoms with Gasteiger partial charge in [-0.25, -0.2) is 8.42 Å². The fourth-order valence-electron chi connectivity index (χ4n) is 2.34. The zero-order chi connectivity index (χ0) is 14.8. The molecule has 0 fully saturated rings. The van der Waals surface area contributed by atoms with Crippen molar-refractivity contribution in [1.82, 2.24) is 9.62 Å². The van der Waals surface area contributed by atoms with Gasteiger partial charge in [0.2, 0.25) is 10.0 Å². The molecule has 0 atom stereocenters. The summed E-state index contributed by atoms with van der Waals surface area (Å²) in [6, 6.07) is 1.64. The van der Waals surface area contributed by atoms with E-state index in [9.17, 15) is 8.42 Å². The minimum absolute atomic E-state index is 0.292. The van der Waals surface area contributed by atoms with Crippen molar-refractivity contribution in [2.75, 3.05) is 19.6 Å². The highest BCUT2D eigenvalue weighted by atomic mass is 32.2. The third kappa shape index (κ3) is 3.13. The van der Waals surface area contributed by atoms with Crippen LogP contribution < -0.4 is 5.32 Å². The van der Waals surface area contributed by atoms with Gasteiger partial charge in [0.1, 0.15) is 16.4 Å². The summed E-state index contributed by atoms with van der Waals surface area (Å²) in [6.45, 7) is 8.03. The van der Waals surface area contributed by atoms with Gasteiger partial charge in [-0.05, 0) is 26.8 Å². The number of hydrogen-bond acceptors (Lipinski definition) is 4. The van der Waals surface area contributed by atoms with E-state index in [4.69, 9.17) is 4.42 Å². The molecule has 1 aromatic rings. The van der Waals surface area contributed by atoms with Crippen molar-refractivity contribution in [1.29, 1.82) is 0 Å². The average Bonchev–Trinajstić information content (AvgIpc) is 2.78. The zero-order valence-corrected chi connectivity index (χ0v) is 13.1. The van der Waals surface area contributed by atoms with Crippen LogP contribution in [0.15, 0.2) is 27.0 Å². The van der Waals surface area contributed by atoms with Crippen molar-refractivity contribution in [2.24, 2.45) is 0 Å². The second-order valence-electron chi connectivity index (χ2n) is 5.09. The number of nitrogens with one attached hydrogen (secondary N) is 1. The van der Waals surface area contributed by atoms with Crippen LogP contribution in [0.3, 0.4) is 0 Å². The number of hydrogen-bond donors (Lipinski definition) is 1. The lowest BCUT2D eigenvalue weighted by atomic mass is 10.2. The summed E-state index contributed by atoms with van der Waals surface area (Å²) in [7, 11) is -3.46. The van der Waals surface area contributed by atoms with E-state index in [-0.39, 0.29) is 0 Å². The molecular formula is C14H22N2O3S. The van der Waals surface area contributed by atoms with Crippen LogP contribution in [-0.4, -0.2) is 32.4 Å². The summed E-state index contributed by atoms with van der Waals surface area (Å²) >= 11 is 0. The molecule has 6 heteroatoms. The van der Waals surface area contributed by atoms with Gasteiger partial charge < -0.3 is 9.73 Å². The number of sulfonamides is 1. The third-order valence-electron chi connectivity index (χ3n) is 3.39. The van der Waals surface area contributed by atoms with E-state index in [0.717, 1.165) is 18.5 Å². The molecule has 20 heavy (non-hydrogen) atoms. The van der Waals surface area contributed by atoms with Gasteiger partial charge in [-0.15, -0.1) is 0 Å². The molecule has 0 spiro atoms. The van der Waals surface area contributed by atoms with E-state index in [1.807, 2.05) is 13.8 Å². The Morgan fingerprint density at radius 1 is 1.40 bits per heavy atom. The van der Waals surface area contributed by atoms with Crippen LogP contribution in [0.1, 0.15) is 31.8 Å². The summed E-state index contributed by atoms with van der Waals surface area (Å²) < 4.78 is 32.4. The molecule has 0 saturated heterocycles. The molecule has 0 unspecified atom stereocenters. The van der Waals surface area contributed by atoms with Gasteiger partial charge in [-0.3, -0.25) is 0 Å². The number of rotatable bonds is 5. The maximum atomic E-state index is 12.7. The van der Waals surface area contributed by atoms with Gasteiger partial charge in [-0.2, -0.15) is 4.31 Å². The van der Waals surface area contributed by atoms with Crippen LogP contribution in [0.4, 0.5) is 0 Å². The molecule has 1 aliphatic rings. The largest absolute Gasteiger partial charge is 0.464 e. The predicted octanol–water partition coefficient (Wildman–Crippen LogP) is 2.04. The first kappa shape index (κ1) is 15.3. The second-order valence-corrected chi connectivity index (χ2v) is 7.00. The Morgan fingerprint density at radius 3 is 2.80 bits per heavy atom. The van der Waals surface area contributed by atoms with Gasteiger partial charge in [0.25, 0.3) is 0 Å². The lowest BCUT2D eigenvalue weighted by molar-refractivity contribution is 0.423. The van der Waals surface area contributed by atoms with Crippen molar-refractivity contribution < 1.29 is 12.8 Å². The van der Waals surface area contributed by atoms with Gasteiger partial charge in [0.05, 0.1) is 6.54 Å². The van der Waals surface area contributed by atoms with E-state index in [1.165, 1.54) is 4.31 Å². The smallest absolute Gasteiger partial charge is 0.246 e. The SMILES string of the molecule is CCNCc1cc(S(=O)(=O)N2CCC=C(C)C2)c(C)o1. The first-order valence-electron chi connectivity index (χ1n) is 6.91. The van der Waals surface area contributed by atoms with E-state index in [1.54, 1.807) is 13.0 Å². The topological polar surface area (TPSA) is 62.6 Å². The summed E-state index contributed by atoms with van der Waals surface area (Å²) in [5, 5.41) is 3.13. The molecule has 1 N–H and O–H groups in total. The van der Waals surface area contributed by atoms with Crippen LogP contribution in [0.25, 0.3) is 0 Å². The van der Waals surface area contributed by atoms with Crippen LogP contribution in [0.2, 0.25) is 0 Å². The van der Waals surface area contributed by atoms with Gasteiger partial charge in [0, 0.05) is 19.2 Å². The van der Waals surface area contributed by atoms with Crippen molar-refractivity contribution in [3.63, 3.8) is 0 Å². The normalized spacial score (nSPS) is 17.2. The Morgan fingerprint density at radius 2 is 2.15 bits per heavy atom. The molecule has 2 rings (SSSR count). The maximum absolute atomic E-state index is 12.7. The molecule has 0 radical (unpaired) electrons. The molecule has 0 amide bonds. The Balaban J connectivity index is 2.25. The Bertz CT molecular complexity index is 602. The molecule has 5 nitrogen and oxygen atoms in total. The minimum Gasteiger partial charge on any atom is -0.464 e. The van der Waals surface area contributed by atoms with E-state index < -0.39 is 10.0 Å². The van der Waals surface area contributed by atoms with Crippen molar-refractivity contribution in [3.8, 4) is 0 Å². The maximum Gasteiger partial charge on any atom is 0.246 e. The first-order chi connectivity index (χ1) is 9.45. The van der Waals surface area contributed by atoms with Gasteiger partial charge in [0.15, 0.2) is 0 Å². The Hall–Kier alpha value is -1.11. The van der Waals surface area contributed by atoms with Gasteiger partial charge in [-0.1, -0.05) is 18.6 Å². The third-order valence-corrected chi connectivity index (χ3v) is 5.34. The fraction of sp³-hybridized carbons (Fsp3) is 0.571. The number of aryl methyl sites for hydroxylation is 1. The van der Waals surface area contributed by atoms with Crippen LogP contribution in [-0.2, 0) is 16.6 Å². The molecule has 1 aliphatic heterocycles. The van der Waals surface area contributed by atoms with Crippen LogP contribution in [0, 0.1) is 6.92 Å². The van der Waals surface area contributed by atoms with Crippen molar-refractivity contribution in [2.45, 2.75) is 38.6 Å². The Kier molecular flexibility index (Phi) is 4.67. The highest BCUT2D eigenvalue weighted by Crippen LogP contribution is 2.25. The standard InChI is InChI=1S/C14H22N2O3S/c1-4-15-9-13-8-14(12(3)19-13)20(17,18)16-7-5-6-11(2)10-16/h6,8,15H,4-5,7,9-10H2,1-3H3. The quantitative estimate of drug-likeness (QED) is 0.845. The second kappa shape index (κ2) is 6.11. The van der Waals surface area contributed by atoms with Crippen molar-refractivity contribution in [3.05, 3.63) is 29.2 Å². The lowest BCUT2D eigenvalue weighted by Crippen LogP contribution is -2.35. The average molecular weight is 298 g/mol. The highest BCUT2D eigenvalue weighted by Gasteiger charge is 2.29. The first-order valence-corrected chi connectivity index (χ1v) is 8.35. The molecule has 1 aromatic heterocycles. The summed E-state index contributed by atoms with van der Waals surface area (Å²) in [5.74, 6) is 1.12. The number of nitrogens with zero attached hydrogens (tertiary/aromatic N) is 1. The highest BCUT2D eigenvalue weighted by molar-refractivity contribution is 7.89. The van der Waals surface area contributed by atoms with Crippen LogP contribution >= 0.6 is 0 Å². The molecule has 2 heterocycles. The van der Waals surface area contributed by atoms with Gasteiger partial charge >= 0.3 is 0 Å². The fourth-order valence-corrected chi connectivity index (χ4v) is 4.02. The van der Waals surface area contributed by atoms with E-state index in [2.05, 4.69) is 11.4 Å². The van der Waals surface area contributed by atoms with Crippen molar-refractivity contribution >= 4 is 10.0 Å². The molecule has 0 aromatic carbocycles. The molecule has 0 bridgehead atoms. The van der Waals surface area contributed by atoms with Crippen LogP contribution in [0.5, 0.6) is 0 Å². The molecule has 0 aliphatic carbocycles. The molecule has 0 saturated carbocycles. The van der Waals surface area contributed by atoms with E-state index in [0.29, 0.717) is 36.1 Å². The molecular weight excluding hydrogens is 276 g/mol.